The third-order valence-electron chi connectivity index (χ3n) is 5.28. The van der Waals surface area contributed by atoms with Crippen molar-refractivity contribution in [3.63, 3.8) is 0 Å². The number of hydrogen-bond donors (Lipinski definition) is 1. The Bertz CT molecular complexity index is 931. The first-order valence-corrected chi connectivity index (χ1v) is 10.0. The monoisotopic (exact) mass is 386 g/mol. The lowest BCUT2D eigenvalue weighted by atomic mass is 10.2. The number of pyridine rings is 1. The number of aryl methyl sites for hydroxylation is 1. The molecule has 0 radical (unpaired) electrons. The predicted octanol–water partition coefficient (Wildman–Crippen LogP) is 3.96. The maximum atomic E-state index is 12.4. The van der Waals surface area contributed by atoms with Gasteiger partial charge in [0.2, 0.25) is 0 Å². The normalized spacial score (nSPS) is 14.6. The minimum Gasteiger partial charge on any atom is -0.368 e. The van der Waals surface area contributed by atoms with Crippen LogP contribution < -0.4 is 10.2 Å². The van der Waals surface area contributed by atoms with Gasteiger partial charge in [0.1, 0.15) is 5.69 Å². The molecule has 3 aromatic rings. The number of nitrogens with one attached hydrogen (secondary N) is 1. The van der Waals surface area contributed by atoms with Crippen LogP contribution in [0.25, 0.3) is 0 Å². The summed E-state index contributed by atoms with van der Waals surface area (Å²) in [6, 6.07) is 22.1. The molecule has 2 aromatic carbocycles. The second kappa shape index (κ2) is 8.88. The number of hydrogen-bond acceptors (Lipinski definition) is 4. The van der Waals surface area contributed by atoms with E-state index in [9.17, 15) is 4.79 Å². The van der Waals surface area contributed by atoms with Crippen molar-refractivity contribution >= 4 is 17.3 Å². The second-order valence-corrected chi connectivity index (χ2v) is 7.47. The summed E-state index contributed by atoms with van der Waals surface area (Å²) in [5.41, 5.74) is 4.79. The molecule has 0 spiro atoms. The van der Waals surface area contributed by atoms with Crippen LogP contribution in [0.2, 0.25) is 0 Å². The van der Waals surface area contributed by atoms with Crippen LogP contribution in [0.1, 0.15) is 21.6 Å². The van der Waals surface area contributed by atoms with Gasteiger partial charge >= 0.3 is 0 Å². The van der Waals surface area contributed by atoms with Crippen molar-refractivity contribution in [1.82, 2.24) is 9.88 Å². The van der Waals surface area contributed by atoms with Gasteiger partial charge < -0.3 is 10.2 Å². The molecule has 0 aliphatic carbocycles. The quantitative estimate of drug-likeness (QED) is 0.721. The maximum absolute atomic E-state index is 12.4. The van der Waals surface area contributed by atoms with Gasteiger partial charge in [0, 0.05) is 38.4 Å². The van der Waals surface area contributed by atoms with E-state index in [4.69, 9.17) is 0 Å². The molecule has 4 rings (SSSR count). The van der Waals surface area contributed by atoms with E-state index in [1.54, 1.807) is 12.3 Å². The van der Waals surface area contributed by atoms with Gasteiger partial charge in [0.15, 0.2) is 0 Å². The molecule has 5 nitrogen and oxygen atoms in total. The standard InChI is InChI=1S/C24H26N4O/c1-19-7-9-21(10-8-19)26-24(29)23-12-11-22(17-25-23)28-15-13-27(14-16-28)18-20-5-3-2-4-6-20/h2-12,17H,13-16,18H2,1H3,(H,26,29). The van der Waals surface area contributed by atoms with Gasteiger partial charge in [-0.15, -0.1) is 0 Å². The highest BCUT2D eigenvalue weighted by Gasteiger charge is 2.18. The first-order chi connectivity index (χ1) is 14.2. The first kappa shape index (κ1) is 19.2. The van der Waals surface area contributed by atoms with Gasteiger partial charge in [-0.2, -0.15) is 0 Å². The summed E-state index contributed by atoms with van der Waals surface area (Å²) in [5, 5.41) is 2.89. The molecule has 0 atom stereocenters. The highest BCUT2D eigenvalue weighted by Crippen LogP contribution is 2.18. The van der Waals surface area contributed by atoms with Crippen molar-refractivity contribution in [2.24, 2.45) is 0 Å². The minimum absolute atomic E-state index is 0.187. The first-order valence-electron chi connectivity index (χ1n) is 10.0. The number of aromatic nitrogens is 1. The highest BCUT2D eigenvalue weighted by atomic mass is 16.1. The molecule has 0 bridgehead atoms. The van der Waals surface area contributed by atoms with Crippen LogP contribution in [-0.4, -0.2) is 42.0 Å². The summed E-state index contributed by atoms with van der Waals surface area (Å²) in [4.78, 5) is 21.6. The Kier molecular flexibility index (Phi) is 5.86. The molecule has 1 aliphatic rings. The number of carbonyl (C=O) groups excluding carboxylic acids is 1. The van der Waals surface area contributed by atoms with E-state index in [2.05, 4.69) is 50.4 Å². The Morgan fingerprint density at radius 3 is 2.31 bits per heavy atom. The van der Waals surface area contributed by atoms with Crippen molar-refractivity contribution in [2.45, 2.75) is 13.5 Å². The molecule has 0 saturated carbocycles. The van der Waals surface area contributed by atoms with Crippen LogP contribution in [0.15, 0.2) is 72.9 Å². The average Bonchev–Trinajstić information content (AvgIpc) is 2.77. The van der Waals surface area contributed by atoms with E-state index < -0.39 is 0 Å². The largest absolute Gasteiger partial charge is 0.368 e. The third-order valence-corrected chi connectivity index (χ3v) is 5.28. The molecule has 1 aromatic heterocycles. The lowest BCUT2D eigenvalue weighted by Crippen LogP contribution is -2.46. The zero-order chi connectivity index (χ0) is 20.1. The second-order valence-electron chi connectivity index (χ2n) is 7.47. The number of piperazine rings is 1. The van der Waals surface area contributed by atoms with Crippen LogP contribution in [-0.2, 0) is 6.54 Å². The molecule has 1 saturated heterocycles. The number of rotatable bonds is 5. The summed E-state index contributed by atoms with van der Waals surface area (Å²) < 4.78 is 0. The topological polar surface area (TPSA) is 48.5 Å². The van der Waals surface area contributed by atoms with Crippen LogP contribution in [0.4, 0.5) is 11.4 Å². The smallest absolute Gasteiger partial charge is 0.274 e. The van der Waals surface area contributed by atoms with Gasteiger partial charge in [-0.3, -0.25) is 9.69 Å². The Hall–Kier alpha value is -3.18. The summed E-state index contributed by atoms with van der Waals surface area (Å²) in [5.74, 6) is -0.187. The fourth-order valence-electron chi connectivity index (χ4n) is 3.55. The zero-order valence-corrected chi connectivity index (χ0v) is 16.7. The van der Waals surface area contributed by atoms with E-state index in [-0.39, 0.29) is 5.91 Å². The van der Waals surface area contributed by atoms with E-state index in [0.29, 0.717) is 5.69 Å². The molecule has 5 heteroatoms. The molecule has 1 aliphatic heterocycles. The Labute approximate surface area is 172 Å². The SMILES string of the molecule is Cc1ccc(NC(=O)c2ccc(N3CCN(Cc4ccccc4)CC3)cn2)cc1. The van der Waals surface area contributed by atoms with Gasteiger partial charge in [-0.25, -0.2) is 4.98 Å². The zero-order valence-electron chi connectivity index (χ0n) is 16.7. The van der Waals surface area contributed by atoms with Gasteiger partial charge in [0.25, 0.3) is 5.91 Å². The average molecular weight is 386 g/mol. The van der Waals surface area contributed by atoms with Crippen molar-refractivity contribution in [1.29, 1.82) is 0 Å². The van der Waals surface area contributed by atoms with E-state index >= 15 is 0 Å². The van der Waals surface area contributed by atoms with Crippen LogP contribution >= 0.6 is 0 Å². The molecule has 29 heavy (non-hydrogen) atoms. The van der Waals surface area contributed by atoms with Crippen LogP contribution in [0.3, 0.4) is 0 Å². The number of benzene rings is 2. The molecular weight excluding hydrogens is 360 g/mol. The van der Waals surface area contributed by atoms with Crippen LogP contribution in [0.5, 0.6) is 0 Å². The molecule has 1 fully saturated rings. The van der Waals surface area contributed by atoms with E-state index in [0.717, 1.165) is 49.7 Å². The van der Waals surface area contributed by atoms with Gasteiger partial charge in [-0.1, -0.05) is 48.0 Å². The molecule has 148 valence electrons. The molecule has 1 N–H and O–H groups in total. The number of anilines is 2. The summed E-state index contributed by atoms with van der Waals surface area (Å²) in [6.07, 6.45) is 1.80. The Morgan fingerprint density at radius 2 is 1.66 bits per heavy atom. The highest BCUT2D eigenvalue weighted by molar-refractivity contribution is 6.02. The third kappa shape index (κ3) is 5.00. The number of amides is 1. The molecule has 0 unspecified atom stereocenters. The molecule has 2 heterocycles. The number of nitrogens with zero attached hydrogens (tertiary/aromatic N) is 3. The number of carbonyl (C=O) groups is 1. The summed E-state index contributed by atoms with van der Waals surface area (Å²) >= 11 is 0. The summed E-state index contributed by atoms with van der Waals surface area (Å²) in [7, 11) is 0. The van der Waals surface area contributed by atoms with Crippen molar-refractivity contribution in [2.75, 3.05) is 36.4 Å². The van der Waals surface area contributed by atoms with Crippen molar-refractivity contribution in [3.05, 3.63) is 89.7 Å². The molecule has 1 amide bonds. The fourth-order valence-corrected chi connectivity index (χ4v) is 3.55. The van der Waals surface area contributed by atoms with Crippen LogP contribution in [0, 0.1) is 6.92 Å². The van der Waals surface area contributed by atoms with E-state index in [1.807, 2.05) is 37.3 Å². The Balaban J connectivity index is 1.31. The van der Waals surface area contributed by atoms with Crippen molar-refractivity contribution in [3.8, 4) is 0 Å². The van der Waals surface area contributed by atoms with Crippen molar-refractivity contribution < 1.29 is 4.79 Å². The minimum atomic E-state index is -0.187. The lowest BCUT2D eigenvalue weighted by Gasteiger charge is -2.36. The maximum Gasteiger partial charge on any atom is 0.274 e. The summed E-state index contributed by atoms with van der Waals surface area (Å²) in [6.45, 7) is 6.97. The van der Waals surface area contributed by atoms with E-state index in [1.165, 1.54) is 5.56 Å². The predicted molar refractivity (Wildman–Crippen MR) is 117 cm³/mol. The lowest BCUT2D eigenvalue weighted by molar-refractivity contribution is 0.102. The fraction of sp³-hybridized carbons (Fsp3) is 0.250. The van der Waals surface area contributed by atoms with Gasteiger partial charge in [0.05, 0.1) is 11.9 Å². The van der Waals surface area contributed by atoms with Gasteiger partial charge in [-0.05, 0) is 36.8 Å². The Morgan fingerprint density at radius 1 is 0.931 bits per heavy atom. The molecular formula is C24H26N4O.